The van der Waals surface area contributed by atoms with Gasteiger partial charge in [-0.3, -0.25) is 9.59 Å². The average Bonchev–Trinajstić information content (AvgIpc) is 2.65. The standard InChI is InChI=1S/C15H13Cl2NO2/c1-8-2-4-10-11(6-8)15(20)18(14(10)19)9-3-5-12(16)13(17)7-9/h2-3,5,7,10-11H,4,6H2,1H3/t10-,11+/m0/s1. The second kappa shape index (κ2) is 4.90. The van der Waals surface area contributed by atoms with Gasteiger partial charge in [0.2, 0.25) is 11.8 Å². The molecule has 1 fully saturated rings. The van der Waals surface area contributed by atoms with Gasteiger partial charge in [-0.1, -0.05) is 34.9 Å². The number of nitrogens with zero attached hydrogens (tertiary/aromatic N) is 1. The van der Waals surface area contributed by atoms with Gasteiger partial charge in [0.05, 0.1) is 27.6 Å². The number of carbonyl (C=O) groups excluding carboxylic acids is 2. The Balaban J connectivity index is 1.97. The van der Waals surface area contributed by atoms with E-state index in [9.17, 15) is 9.59 Å². The Morgan fingerprint density at radius 1 is 1.10 bits per heavy atom. The summed E-state index contributed by atoms with van der Waals surface area (Å²) in [5.74, 6) is -0.740. The number of hydrogen-bond donors (Lipinski definition) is 0. The Bertz CT molecular complexity index is 639. The van der Waals surface area contributed by atoms with E-state index in [1.165, 1.54) is 10.5 Å². The molecule has 1 aliphatic carbocycles. The van der Waals surface area contributed by atoms with Crippen molar-refractivity contribution < 1.29 is 9.59 Å². The molecule has 0 bridgehead atoms. The van der Waals surface area contributed by atoms with Crippen LogP contribution in [0.25, 0.3) is 0 Å². The van der Waals surface area contributed by atoms with Crippen molar-refractivity contribution in [2.45, 2.75) is 19.8 Å². The molecule has 0 unspecified atom stereocenters. The molecule has 1 aliphatic heterocycles. The fraction of sp³-hybridized carbons (Fsp3) is 0.333. The Kier molecular flexibility index (Phi) is 3.35. The van der Waals surface area contributed by atoms with Gasteiger partial charge in [0.25, 0.3) is 0 Å². The van der Waals surface area contributed by atoms with Crippen LogP contribution in [-0.2, 0) is 9.59 Å². The first-order valence-corrected chi connectivity index (χ1v) is 7.23. The Hall–Kier alpha value is -1.32. The van der Waals surface area contributed by atoms with E-state index < -0.39 is 0 Å². The van der Waals surface area contributed by atoms with Crippen LogP contribution in [0.5, 0.6) is 0 Å². The molecule has 2 amide bonds. The van der Waals surface area contributed by atoms with Gasteiger partial charge in [0.1, 0.15) is 0 Å². The molecular weight excluding hydrogens is 297 g/mol. The Morgan fingerprint density at radius 3 is 2.50 bits per heavy atom. The molecule has 0 saturated carbocycles. The number of anilines is 1. The molecule has 20 heavy (non-hydrogen) atoms. The molecular formula is C15H13Cl2NO2. The third-order valence-corrected chi connectivity index (χ3v) is 4.72. The molecule has 3 nitrogen and oxygen atoms in total. The lowest BCUT2D eigenvalue weighted by Crippen LogP contribution is -2.30. The van der Waals surface area contributed by atoms with E-state index in [1.807, 2.05) is 13.0 Å². The Labute approximate surface area is 127 Å². The highest BCUT2D eigenvalue weighted by atomic mass is 35.5. The zero-order valence-electron chi connectivity index (χ0n) is 10.9. The first-order valence-electron chi connectivity index (χ1n) is 6.47. The van der Waals surface area contributed by atoms with Crippen molar-refractivity contribution in [2.75, 3.05) is 4.90 Å². The second-order valence-electron chi connectivity index (χ2n) is 5.31. The predicted molar refractivity (Wildman–Crippen MR) is 78.9 cm³/mol. The number of benzene rings is 1. The van der Waals surface area contributed by atoms with Gasteiger partial charge in [-0.05, 0) is 38.0 Å². The summed E-state index contributed by atoms with van der Waals surface area (Å²) in [5.41, 5.74) is 1.67. The van der Waals surface area contributed by atoms with Crippen molar-refractivity contribution >= 4 is 40.7 Å². The number of imide groups is 1. The van der Waals surface area contributed by atoms with Gasteiger partial charge in [-0.2, -0.15) is 0 Å². The van der Waals surface area contributed by atoms with Crippen LogP contribution in [0.3, 0.4) is 0 Å². The van der Waals surface area contributed by atoms with E-state index in [1.54, 1.807) is 18.2 Å². The van der Waals surface area contributed by atoms with Gasteiger partial charge in [0.15, 0.2) is 0 Å². The van der Waals surface area contributed by atoms with Gasteiger partial charge < -0.3 is 0 Å². The molecule has 3 rings (SSSR count). The number of carbonyl (C=O) groups is 2. The lowest BCUT2D eigenvalue weighted by Gasteiger charge is -2.18. The summed E-state index contributed by atoms with van der Waals surface area (Å²) in [7, 11) is 0. The van der Waals surface area contributed by atoms with Crippen molar-refractivity contribution in [3.63, 3.8) is 0 Å². The zero-order valence-corrected chi connectivity index (χ0v) is 12.4. The topological polar surface area (TPSA) is 37.4 Å². The van der Waals surface area contributed by atoms with Crippen LogP contribution < -0.4 is 4.90 Å². The van der Waals surface area contributed by atoms with E-state index in [0.717, 1.165) is 0 Å². The number of halogens is 2. The molecule has 5 heteroatoms. The smallest absolute Gasteiger partial charge is 0.238 e. The normalized spacial score (nSPS) is 25.8. The number of fused-ring (bicyclic) bond motifs is 1. The molecule has 0 spiro atoms. The van der Waals surface area contributed by atoms with Gasteiger partial charge in [-0.25, -0.2) is 4.90 Å². The number of hydrogen-bond acceptors (Lipinski definition) is 2. The van der Waals surface area contributed by atoms with Crippen LogP contribution in [-0.4, -0.2) is 11.8 Å². The van der Waals surface area contributed by atoms with E-state index in [-0.39, 0.29) is 23.7 Å². The Morgan fingerprint density at radius 2 is 1.80 bits per heavy atom. The van der Waals surface area contributed by atoms with Crippen molar-refractivity contribution in [3.05, 3.63) is 39.9 Å². The van der Waals surface area contributed by atoms with Crippen LogP contribution >= 0.6 is 23.2 Å². The molecule has 1 aromatic carbocycles. The van der Waals surface area contributed by atoms with Crippen LogP contribution in [0.4, 0.5) is 5.69 Å². The van der Waals surface area contributed by atoms with Crippen LogP contribution in [0.2, 0.25) is 10.0 Å². The molecule has 0 N–H and O–H groups in total. The van der Waals surface area contributed by atoms with Crippen molar-refractivity contribution in [2.24, 2.45) is 11.8 Å². The second-order valence-corrected chi connectivity index (χ2v) is 6.13. The lowest BCUT2D eigenvalue weighted by molar-refractivity contribution is -0.122. The molecule has 1 saturated heterocycles. The number of allylic oxidation sites excluding steroid dienone is 2. The van der Waals surface area contributed by atoms with E-state index in [0.29, 0.717) is 28.6 Å². The minimum atomic E-state index is -0.236. The molecule has 2 atom stereocenters. The van der Waals surface area contributed by atoms with E-state index in [2.05, 4.69) is 0 Å². The van der Waals surface area contributed by atoms with Gasteiger partial charge >= 0.3 is 0 Å². The van der Waals surface area contributed by atoms with Crippen molar-refractivity contribution in [3.8, 4) is 0 Å². The average molecular weight is 310 g/mol. The quantitative estimate of drug-likeness (QED) is 0.584. The zero-order chi connectivity index (χ0) is 14.4. The molecule has 2 aliphatic rings. The third-order valence-electron chi connectivity index (χ3n) is 3.98. The number of rotatable bonds is 1. The summed E-state index contributed by atoms with van der Waals surface area (Å²) in [6, 6.07) is 4.82. The van der Waals surface area contributed by atoms with Crippen LogP contribution in [0.1, 0.15) is 19.8 Å². The predicted octanol–water partition coefficient (Wildman–Crippen LogP) is 3.84. The highest BCUT2D eigenvalue weighted by molar-refractivity contribution is 6.42. The third kappa shape index (κ3) is 2.05. The van der Waals surface area contributed by atoms with E-state index in [4.69, 9.17) is 23.2 Å². The van der Waals surface area contributed by atoms with Crippen molar-refractivity contribution in [1.82, 2.24) is 0 Å². The molecule has 1 aromatic rings. The fourth-order valence-electron chi connectivity index (χ4n) is 2.92. The lowest BCUT2D eigenvalue weighted by atomic mass is 9.82. The van der Waals surface area contributed by atoms with Gasteiger partial charge in [-0.15, -0.1) is 0 Å². The molecule has 104 valence electrons. The SMILES string of the molecule is CC1=CC[C@@H]2C(=O)N(c3ccc(Cl)c(Cl)c3)C(=O)[C@@H]2C1. The fourth-order valence-corrected chi connectivity index (χ4v) is 3.21. The number of amides is 2. The first kappa shape index (κ1) is 13.7. The van der Waals surface area contributed by atoms with Crippen LogP contribution in [0.15, 0.2) is 29.8 Å². The summed E-state index contributed by atoms with van der Waals surface area (Å²) < 4.78 is 0. The van der Waals surface area contributed by atoms with E-state index >= 15 is 0 Å². The van der Waals surface area contributed by atoms with Crippen molar-refractivity contribution in [1.29, 1.82) is 0 Å². The maximum Gasteiger partial charge on any atom is 0.238 e. The molecule has 0 aromatic heterocycles. The minimum Gasteiger partial charge on any atom is -0.274 e. The summed E-state index contributed by atoms with van der Waals surface area (Å²) in [6.07, 6.45) is 3.34. The highest BCUT2D eigenvalue weighted by Gasteiger charge is 2.48. The first-order chi connectivity index (χ1) is 9.49. The summed E-state index contributed by atoms with van der Waals surface area (Å²) >= 11 is 11.8. The van der Waals surface area contributed by atoms with Crippen LogP contribution in [0, 0.1) is 11.8 Å². The summed E-state index contributed by atoms with van der Waals surface area (Å²) in [5, 5.41) is 0.749. The highest BCUT2D eigenvalue weighted by Crippen LogP contribution is 2.40. The maximum atomic E-state index is 12.5. The monoisotopic (exact) mass is 309 g/mol. The molecule has 0 radical (unpaired) electrons. The molecule has 1 heterocycles. The summed E-state index contributed by atoms with van der Waals surface area (Å²) in [6.45, 7) is 2.00. The van der Waals surface area contributed by atoms with Gasteiger partial charge in [0, 0.05) is 0 Å². The largest absolute Gasteiger partial charge is 0.274 e. The minimum absolute atomic E-state index is 0.133. The summed E-state index contributed by atoms with van der Waals surface area (Å²) in [4.78, 5) is 26.2. The maximum absolute atomic E-state index is 12.5.